The molecule has 3 N–H and O–H groups in total. The Kier molecular flexibility index (Phi) is 6.28. The second-order valence-electron chi connectivity index (χ2n) is 7.09. The average molecular weight is 401 g/mol. The molecule has 0 aliphatic carbocycles. The summed E-state index contributed by atoms with van der Waals surface area (Å²) in [5.41, 5.74) is 1.86. The monoisotopic (exact) mass is 401 g/mol. The van der Waals surface area contributed by atoms with E-state index in [9.17, 15) is 14.0 Å². The number of amides is 3. The number of carboxylic acid groups (broad SMARTS) is 1. The number of hydrogen-bond donors (Lipinski definition) is 3. The number of piperazine rings is 1. The van der Waals surface area contributed by atoms with Gasteiger partial charge in [-0.05, 0) is 32.0 Å². The van der Waals surface area contributed by atoms with Gasteiger partial charge in [0.15, 0.2) is 5.82 Å². The largest absolute Gasteiger partial charge is 0.465 e. The first-order chi connectivity index (χ1) is 13.8. The van der Waals surface area contributed by atoms with Crippen LogP contribution in [0.4, 0.5) is 25.4 Å². The van der Waals surface area contributed by atoms with Gasteiger partial charge in [-0.3, -0.25) is 9.88 Å². The van der Waals surface area contributed by atoms with Crippen LogP contribution in [0.3, 0.4) is 0 Å². The second kappa shape index (κ2) is 8.87. The van der Waals surface area contributed by atoms with Crippen LogP contribution in [0.5, 0.6) is 0 Å². The number of nitrogens with one attached hydrogen (secondary N) is 2. The first-order valence-corrected chi connectivity index (χ1v) is 9.33. The molecule has 1 aliphatic rings. The van der Waals surface area contributed by atoms with E-state index in [1.165, 1.54) is 17.2 Å². The van der Waals surface area contributed by atoms with Crippen molar-refractivity contribution < 1.29 is 19.1 Å². The summed E-state index contributed by atoms with van der Waals surface area (Å²) in [4.78, 5) is 30.8. The van der Waals surface area contributed by atoms with Crippen molar-refractivity contribution in [2.75, 3.05) is 30.3 Å². The molecule has 154 valence electrons. The van der Waals surface area contributed by atoms with E-state index >= 15 is 0 Å². The van der Waals surface area contributed by atoms with Crippen LogP contribution in [0.25, 0.3) is 0 Å². The van der Waals surface area contributed by atoms with Crippen LogP contribution in [0.2, 0.25) is 0 Å². The maximum absolute atomic E-state index is 14.9. The molecular formula is C20H24FN5O3. The zero-order valence-electron chi connectivity index (χ0n) is 16.4. The Morgan fingerprint density at radius 3 is 2.69 bits per heavy atom. The van der Waals surface area contributed by atoms with Crippen molar-refractivity contribution in [3.8, 4) is 0 Å². The summed E-state index contributed by atoms with van der Waals surface area (Å²) >= 11 is 0. The highest BCUT2D eigenvalue weighted by atomic mass is 19.1. The van der Waals surface area contributed by atoms with Crippen molar-refractivity contribution in [1.29, 1.82) is 0 Å². The number of hydrogen-bond acceptors (Lipinski definition) is 4. The molecule has 3 amide bonds. The number of nitrogens with zero attached hydrogens (tertiary/aromatic N) is 3. The molecule has 0 spiro atoms. The van der Waals surface area contributed by atoms with Crippen LogP contribution in [0.1, 0.15) is 18.2 Å². The van der Waals surface area contributed by atoms with Gasteiger partial charge in [-0.15, -0.1) is 0 Å². The van der Waals surface area contributed by atoms with Gasteiger partial charge in [0.05, 0.1) is 17.6 Å². The van der Waals surface area contributed by atoms with Crippen LogP contribution in [-0.4, -0.2) is 57.7 Å². The minimum atomic E-state index is -0.941. The summed E-state index contributed by atoms with van der Waals surface area (Å²) in [7, 11) is 0. The molecule has 0 saturated carbocycles. The summed E-state index contributed by atoms with van der Waals surface area (Å²) in [5, 5.41) is 14.3. The maximum atomic E-state index is 14.9. The molecule has 29 heavy (non-hydrogen) atoms. The van der Waals surface area contributed by atoms with Crippen molar-refractivity contribution >= 4 is 23.5 Å². The lowest BCUT2D eigenvalue weighted by Crippen LogP contribution is -2.52. The molecule has 2 aromatic rings. The van der Waals surface area contributed by atoms with Crippen LogP contribution >= 0.6 is 0 Å². The van der Waals surface area contributed by atoms with Gasteiger partial charge < -0.3 is 20.6 Å². The maximum Gasteiger partial charge on any atom is 0.407 e. The molecule has 1 aromatic heterocycles. The van der Waals surface area contributed by atoms with E-state index in [2.05, 4.69) is 15.6 Å². The Morgan fingerprint density at radius 2 is 2.03 bits per heavy atom. The highest BCUT2D eigenvalue weighted by Crippen LogP contribution is 2.22. The van der Waals surface area contributed by atoms with Crippen LogP contribution in [0.15, 0.2) is 36.5 Å². The number of carbonyl (C=O) groups is 2. The summed E-state index contributed by atoms with van der Waals surface area (Å²) < 4.78 is 14.9. The fourth-order valence-corrected chi connectivity index (χ4v) is 3.25. The van der Waals surface area contributed by atoms with E-state index in [1.54, 1.807) is 24.3 Å². The third-order valence-corrected chi connectivity index (χ3v) is 4.91. The quantitative estimate of drug-likeness (QED) is 0.730. The summed E-state index contributed by atoms with van der Waals surface area (Å²) in [6, 6.07) is 7.73. The Hall–Kier alpha value is -3.20. The first-order valence-electron chi connectivity index (χ1n) is 9.33. The molecule has 0 bridgehead atoms. The second-order valence-corrected chi connectivity index (χ2v) is 7.09. The first kappa shape index (κ1) is 20.5. The van der Waals surface area contributed by atoms with Gasteiger partial charge in [0.25, 0.3) is 0 Å². The number of rotatable bonds is 4. The van der Waals surface area contributed by atoms with Crippen molar-refractivity contribution in [3.05, 3.63) is 53.6 Å². The SMILES string of the molecule is Cc1ccc(NC(=O)Nc2cccc(CN3CCN(C(=O)O)C[C@H]3C)c2F)cn1. The van der Waals surface area contributed by atoms with Gasteiger partial charge in [-0.2, -0.15) is 0 Å². The van der Waals surface area contributed by atoms with E-state index in [1.807, 2.05) is 18.7 Å². The van der Waals surface area contributed by atoms with Crippen molar-refractivity contribution in [3.63, 3.8) is 0 Å². The van der Waals surface area contributed by atoms with Crippen LogP contribution in [-0.2, 0) is 6.54 Å². The molecule has 0 radical (unpaired) electrons. The van der Waals surface area contributed by atoms with Gasteiger partial charge in [-0.1, -0.05) is 12.1 Å². The molecule has 1 atom stereocenters. The Labute approximate surface area is 168 Å². The van der Waals surface area contributed by atoms with E-state index in [0.717, 1.165) is 5.69 Å². The number of aryl methyl sites for hydroxylation is 1. The van der Waals surface area contributed by atoms with Gasteiger partial charge in [0, 0.05) is 43.5 Å². The van der Waals surface area contributed by atoms with Gasteiger partial charge >= 0.3 is 12.1 Å². The van der Waals surface area contributed by atoms with Gasteiger partial charge in [0.2, 0.25) is 0 Å². The topological polar surface area (TPSA) is 97.8 Å². The van der Waals surface area contributed by atoms with E-state index in [0.29, 0.717) is 37.4 Å². The molecule has 1 aromatic carbocycles. The van der Waals surface area contributed by atoms with Gasteiger partial charge in [-0.25, -0.2) is 14.0 Å². The molecular weight excluding hydrogens is 377 g/mol. The summed E-state index contributed by atoms with van der Waals surface area (Å²) in [6.07, 6.45) is 0.587. The third kappa shape index (κ3) is 5.20. The van der Waals surface area contributed by atoms with Crippen LogP contribution in [0, 0.1) is 12.7 Å². The highest BCUT2D eigenvalue weighted by Gasteiger charge is 2.27. The fourth-order valence-electron chi connectivity index (χ4n) is 3.25. The average Bonchev–Trinajstić information content (AvgIpc) is 2.68. The zero-order chi connectivity index (χ0) is 21.0. The Morgan fingerprint density at radius 1 is 1.24 bits per heavy atom. The Balaban J connectivity index is 1.64. The molecule has 1 aliphatic heterocycles. The number of pyridine rings is 1. The molecule has 8 nitrogen and oxygen atoms in total. The number of carbonyl (C=O) groups excluding carboxylic acids is 1. The highest BCUT2D eigenvalue weighted by molar-refractivity contribution is 5.99. The van der Waals surface area contributed by atoms with Crippen molar-refractivity contribution in [2.45, 2.75) is 26.4 Å². The van der Waals surface area contributed by atoms with E-state index < -0.39 is 17.9 Å². The smallest absolute Gasteiger partial charge is 0.407 e. The molecule has 0 unspecified atom stereocenters. The predicted molar refractivity (Wildman–Crippen MR) is 107 cm³/mol. The number of aromatic nitrogens is 1. The molecule has 9 heteroatoms. The van der Waals surface area contributed by atoms with Crippen LogP contribution < -0.4 is 10.6 Å². The van der Waals surface area contributed by atoms with E-state index in [4.69, 9.17) is 5.11 Å². The van der Waals surface area contributed by atoms with Gasteiger partial charge in [0.1, 0.15) is 0 Å². The van der Waals surface area contributed by atoms with Crippen molar-refractivity contribution in [1.82, 2.24) is 14.8 Å². The van der Waals surface area contributed by atoms with E-state index in [-0.39, 0.29) is 11.7 Å². The molecule has 2 heterocycles. The normalized spacial score (nSPS) is 17.1. The summed E-state index contributed by atoms with van der Waals surface area (Å²) in [5.74, 6) is -0.502. The fraction of sp³-hybridized carbons (Fsp3) is 0.350. The minimum Gasteiger partial charge on any atom is -0.465 e. The third-order valence-electron chi connectivity index (χ3n) is 4.91. The number of urea groups is 1. The molecule has 1 saturated heterocycles. The lowest BCUT2D eigenvalue weighted by molar-refractivity contribution is 0.0706. The minimum absolute atomic E-state index is 0.0341. The molecule has 3 rings (SSSR count). The number of anilines is 2. The van der Waals surface area contributed by atoms with Crippen molar-refractivity contribution in [2.24, 2.45) is 0 Å². The summed E-state index contributed by atoms with van der Waals surface area (Å²) in [6.45, 7) is 5.37. The lowest BCUT2D eigenvalue weighted by Gasteiger charge is -2.38. The number of halogens is 1. The lowest BCUT2D eigenvalue weighted by atomic mass is 10.1. The number of benzene rings is 1. The standard InChI is InChI=1S/C20H24FN5O3/c1-13-6-7-16(10-22-13)23-19(27)24-17-5-3-4-15(18(17)21)12-25-8-9-26(20(28)29)11-14(25)2/h3-7,10,14H,8-9,11-12H2,1-2H3,(H,28,29)(H2,23,24,27)/t14-/m1/s1. The Bertz CT molecular complexity index is 890. The molecule has 1 fully saturated rings. The predicted octanol–water partition coefficient (Wildman–Crippen LogP) is 3.36. The zero-order valence-corrected chi connectivity index (χ0v) is 16.4.